The maximum Gasteiger partial charge on any atom is 0.159 e. The van der Waals surface area contributed by atoms with Crippen LogP contribution in [0.25, 0.3) is 11.2 Å². The van der Waals surface area contributed by atoms with Crippen molar-refractivity contribution in [2.45, 2.75) is 13.0 Å². The number of nitrogens with zero attached hydrogens (tertiary/aromatic N) is 4. The molecule has 3 heterocycles. The number of imidazole rings is 1. The molecule has 0 bridgehead atoms. The van der Waals surface area contributed by atoms with Gasteiger partial charge in [-0.15, -0.1) is 0 Å². The van der Waals surface area contributed by atoms with Crippen molar-refractivity contribution in [1.29, 1.82) is 0 Å². The van der Waals surface area contributed by atoms with E-state index in [1.54, 1.807) is 0 Å². The lowest BCUT2D eigenvalue weighted by atomic mass is 10.1. The van der Waals surface area contributed by atoms with E-state index in [2.05, 4.69) is 26.5 Å². The molecule has 1 unspecified atom stereocenters. The second-order valence-corrected chi connectivity index (χ2v) is 4.66. The van der Waals surface area contributed by atoms with Gasteiger partial charge in [-0.3, -0.25) is 0 Å². The Labute approximate surface area is 94.9 Å². The molecule has 1 aliphatic heterocycles. The van der Waals surface area contributed by atoms with E-state index in [-0.39, 0.29) is 0 Å². The van der Waals surface area contributed by atoms with Crippen LogP contribution in [0.15, 0.2) is 24.7 Å². The molecule has 0 spiro atoms. The number of rotatable bonds is 2. The Bertz CT molecular complexity index is 490. The number of likely N-dealkylation sites (tertiary alicyclic amines) is 1. The first-order valence-corrected chi connectivity index (χ1v) is 5.77. The molecule has 0 aromatic carbocycles. The molecule has 4 nitrogen and oxygen atoms in total. The maximum absolute atomic E-state index is 4.39. The van der Waals surface area contributed by atoms with Crippen LogP contribution < -0.4 is 0 Å². The summed E-state index contributed by atoms with van der Waals surface area (Å²) in [6.07, 6.45) is 5.03. The van der Waals surface area contributed by atoms with E-state index in [4.69, 9.17) is 0 Å². The van der Waals surface area contributed by atoms with Crippen molar-refractivity contribution in [3.8, 4) is 0 Å². The number of aromatic nitrogens is 3. The third-order valence-corrected chi connectivity index (χ3v) is 3.32. The van der Waals surface area contributed by atoms with E-state index in [1.807, 2.05) is 24.7 Å². The van der Waals surface area contributed by atoms with Gasteiger partial charge in [0, 0.05) is 19.3 Å². The summed E-state index contributed by atoms with van der Waals surface area (Å²) in [5.74, 6) is 0.740. The fourth-order valence-electron chi connectivity index (χ4n) is 2.48. The van der Waals surface area contributed by atoms with Gasteiger partial charge in [0.25, 0.3) is 0 Å². The molecule has 16 heavy (non-hydrogen) atoms. The predicted octanol–water partition coefficient (Wildman–Crippen LogP) is 1.38. The highest BCUT2D eigenvalue weighted by atomic mass is 15.1. The summed E-state index contributed by atoms with van der Waals surface area (Å²) in [4.78, 5) is 11.1. The standard InChI is InChI=1S/C12H16N4/c1-15-6-4-10(7-15)8-16-9-14-11-3-2-5-13-12(11)16/h2-3,5,9-10H,4,6-8H2,1H3. The molecule has 1 atom stereocenters. The summed E-state index contributed by atoms with van der Waals surface area (Å²) in [6, 6.07) is 3.95. The van der Waals surface area contributed by atoms with Crippen molar-refractivity contribution >= 4 is 11.2 Å². The molecular formula is C12H16N4. The largest absolute Gasteiger partial charge is 0.315 e. The second kappa shape index (κ2) is 3.87. The number of fused-ring (bicyclic) bond motifs is 1. The molecule has 3 rings (SSSR count). The van der Waals surface area contributed by atoms with E-state index in [0.717, 1.165) is 23.6 Å². The Hall–Kier alpha value is -1.42. The van der Waals surface area contributed by atoms with Gasteiger partial charge in [0.15, 0.2) is 5.65 Å². The monoisotopic (exact) mass is 216 g/mol. The van der Waals surface area contributed by atoms with E-state index >= 15 is 0 Å². The van der Waals surface area contributed by atoms with Crippen LogP contribution in [0, 0.1) is 5.92 Å². The Morgan fingerprint density at radius 3 is 3.19 bits per heavy atom. The normalized spacial score (nSPS) is 21.9. The minimum Gasteiger partial charge on any atom is -0.315 e. The first kappa shape index (κ1) is 9.78. The lowest BCUT2D eigenvalue weighted by Crippen LogP contribution is -2.16. The third kappa shape index (κ3) is 1.69. The SMILES string of the molecule is CN1CCC(Cn2cnc3cccnc32)C1. The van der Waals surface area contributed by atoms with Gasteiger partial charge in [-0.2, -0.15) is 0 Å². The number of hydrogen-bond donors (Lipinski definition) is 0. The van der Waals surface area contributed by atoms with Crippen LogP contribution in [0.3, 0.4) is 0 Å². The zero-order valence-corrected chi connectivity index (χ0v) is 9.50. The molecule has 1 aliphatic rings. The predicted molar refractivity (Wildman–Crippen MR) is 63.1 cm³/mol. The molecule has 2 aromatic rings. The zero-order valence-electron chi connectivity index (χ0n) is 9.50. The quantitative estimate of drug-likeness (QED) is 0.760. The van der Waals surface area contributed by atoms with Crippen molar-refractivity contribution < 1.29 is 0 Å². The van der Waals surface area contributed by atoms with Gasteiger partial charge in [-0.25, -0.2) is 9.97 Å². The van der Waals surface area contributed by atoms with Crippen LogP contribution in [0.2, 0.25) is 0 Å². The van der Waals surface area contributed by atoms with Gasteiger partial charge < -0.3 is 9.47 Å². The van der Waals surface area contributed by atoms with Crippen molar-refractivity contribution in [3.05, 3.63) is 24.7 Å². The summed E-state index contributed by atoms with van der Waals surface area (Å²) in [6.45, 7) is 3.44. The fourth-order valence-corrected chi connectivity index (χ4v) is 2.48. The smallest absolute Gasteiger partial charge is 0.159 e. The second-order valence-electron chi connectivity index (χ2n) is 4.66. The topological polar surface area (TPSA) is 34.0 Å². The van der Waals surface area contributed by atoms with Crippen molar-refractivity contribution in [1.82, 2.24) is 19.4 Å². The summed E-state index contributed by atoms with van der Waals surface area (Å²) in [5, 5.41) is 0. The van der Waals surface area contributed by atoms with Crippen LogP contribution in [0.4, 0.5) is 0 Å². The zero-order chi connectivity index (χ0) is 11.0. The highest BCUT2D eigenvalue weighted by Gasteiger charge is 2.20. The molecule has 0 N–H and O–H groups in total. The summed E-state index contributed by atoms with van der Waals surface area (Å²) in [7, 11) is 2.18. The lowest BCUT2D eigenvalue weighted by Gasteiger charge is -2.11. The minimum atomic E-state index is 0.740. The van der Waals surface area contributed by atoms with Gasteiger partial charge in [-0.05, 0) is 38.1 Å². The van der Waals surface area contributed by atoms with E-state index in [0.29, 0.717) is 0 Å². The van der Waals surface area contributed by atoms with Gasteiger partial charge in [0.05, 0.1) is 6.33 Å². The van der Waals surface area contributed by atoms with E-state index < -0.39 is 0 Å². The molecule has 84 valence electrons. The van der Waals surface area contributed by atoms with Crippen molar-refractivity contribution in [3.63, 3.8) is 0 Å². The van der Waals surface area contributed by atoms with E-state index in [9.17, 15) is 0 Å². The summed E-state index contributed by atoms with van der Waals surface area (Å²) >= 11 is 0. The van der Waals surface area contributed by atoms with Crippen molar-refractivity contribution in [2.75, 3.05) is 20.1 Å². The van der Waals surface area contributed by atoms with Crippen LogP contribution in [0.1, 0.15) is 6.42 Å². The van der Waals surface area contributed by atoms with Crippen LogP contribution in [-0.2, 0) is 6.54 Å². The highest BCUT2D eigenvalue weighted by Crippen LogP contribution is 2.18. The highest BCUT2D eigenvalue weighted by molar-refractivity contribution is 5.69. The Morgan fingerprint density at radius 2 is 2.38 bits per heavy atom. The molecular weight excluding hydrogens is 200 g/mol. The molecule has 2 aromatic heterocycles. The van der Waals surface area contributed by atoms with E-state index in [1.165, 1.54) is 19.5 Å². The maximum atomic E-state index is 4.39. The summed E-state index contributed by atoms with van der Waals surface area (Å²) < 4.78 is 2.18. The molecule has 0 aliphatic carbocycles. The van der Waals surface area contributed by atoms with Gasteiger partial charge in [0.2, 0.25) is 0 Å². The minimum absolute atomic E-state index is 0.740. The number of pyridine rings is 1. The molecule has 0 saturated carbocycles. The fraction of sp³-hybridized carbons (Fsp3) is 0.500. The first-order valence-electron chi connectivity index (χ1n) is 5.77. The molecule has 1 saturated heterocycles. The van der Waals surface area contributed by atoms with Gasteiger partial charge >= 0.3 is 0 Å². The van der Waals surface area contributed by atoms with Gasteiger partial charge in [-0.1, -0.05) is 0 Å². The average molecular weight is 216 g/mol. The molecule has 1 fully saturated rings. The lowest BCUT2D eigenvalue weighted by molar-refractivity contribution is 0.379. The molecule has 0 radical (unpaired) electrons. The molecule has 4 heteroatoms. The van der Waals surface area contributed by atoms with Crippen LogP contribution in [-0.4, -0.2) is 39.6 Å². The number of hydrogen-bond acceptors (Lipinski definition) is 3. The van der Waals surface area contributed by atoms with Crippen LogP contribution >= 0.6 is 0 Å². The Morgan fingerprint density at radius 1 is 1.44 bits per heavy atom. The molecule has 0 amide bonds. The average Bonchev–Trinajstić information content (AvgIpc) is 2.87. The Balaban J connectivity index is 1.84. The first-order chi connectivity index (χ1) is 7.83. The summed E-state index contributed by atoms with van der Waals surface area (Å²) in [5.41, 5.74) is 2.01. The van der Waals surface area contributed by atoms with Crippen LogP contribution in [0.5, 0.6) is 0 Å². The van der Waals surface area contributed by atoms with Gasteiger partial charge in [0.1, 0.15) is 5.52 Å². The van der Waals surface area contributed by atoms with Crippen molar-refractivity contribution in [2.24, 2.45) is 5.92 Å². The third-order valence-electron chi connectivity index (χ3n) is 3.32. The Kier molecular flexibility index (Phi) is 2.36.